The summed E-state index contributed by atoms with van der Waals surface area (Å²) in [4.78, 5) is 0.204. The molecule has 0 N–H and O–H groups in total. The molecule has 0 aliphatic carbocycles. The molecule has 0 amide bonds. The van der Waals surface area contributed by atoms with Crippen LogP contribution in [-0.2, 0) is 0 Å². The number of hydrogen-bond acceptors (Lipinski definition) is 0. The molecule has 1 rings (SSSR count). The summed E-state index contributed by atoms with van der Waals surface area (Å²) in [5, 5.41) is 0. The number of rotatable bonds is 1. The Labute approximate surface area is 74.6 Å². The lowest BCUT2D eigenvalue weighted by Crippen LogP contribution is -1.95. The van der Waals surface area contributed by atoms with E-state index in [9.17, 15) is 8.78 Å². The first-order valence-electron chi connectivity index (χ1n) is 3.38. The highest BCUT2D eigenvalue weighted by Gasteiger charge is 2.18. The summed E-state index contributed by atoms with van der Waals surface area (Å²) in [6.45, 7) is 0. The molecule has 4 heteroatoms. The first-order chi connectivity index (χ1) is 5.43. The van der Waals surface area contributed by atoms with Crippen LogP contribution in [0.4, 0.5) is 8.78 Å². The highest BCUT2D eigenvalue weighted by molar-refractivity contribution is 8.67. The van der Waals surface area contributed by atoms with Crippen LogP contribution in [0, 0.1) is 11.6 Å². The maximum Gasteiger partial charge on any atom is 0.138 e. The van der Waals surface area contributed by atoms with Gasteiger partial charge in [0.2, 0.25) is 0 Å². The van der Waals surface area contributed by atoms with Crippen molar-refractivity contribution in [2.45, 2.75) is 4.90 Å². The second kappa shape index (κ2) is 3.31. The van der Waals surface area contributed by atoms with Crippen molar-refractivity contribution in [3.8, 4) is 0 Å². The lowest BCUT2D eigenvalue weighted by Gasteiger charge is -2.26. The Kier molecular flexibility index (Phi) is 2.74. The van der Waals surface area contributed by atoms with E-state index in [1.54, 1.807) is 0 Å². The van der Waals surface area contributed by atoms with Crippen molar-refractivity contribution >= 4 is 18.1 Å². The summed E-state index contributed by atoms with van der Waals surface area (Å²) in [6, 6.07) is 3.96. The molecular weight excluding hydrogens is 197 g/mol. The molecule has 0 aromatic heterocycles. The van der Waals surface area contributed by atoms with E-state index >= 15 is 0 Å². The van der Waals surface area contributed by atoms with E-state index in [1.165, 1.54) is 18.2 Å². The normalized spacial score (nSPS) is 13.1. The molecule has 0 spiro atoms. The molecule has 12 heavy (non-hydrogen) atoms. The molecule has 0 aliphatic rings. The van der Waals surface area contributed by atoms with Crippen molar-refractivity contribution in [2.24, 2.45) is 0 Å². The van der Waals surface area contributed by atoms with Crippen molar-refractivity contribution in [1.29, 1.82) is 0 Å². The first kappa shape index (κ1) is 9.94. The third kappa shape index (κ3) is 1.96. The van der Waals surface area contributed by atoms with Gasteiger partial charge in [0, 0.05) is 0 Å². The predicted molar refractivity (Wildman–Crippen MR) is 53.8 cm³/mol. The third-order valence-electron chi connectivity index (χ3n) is 1.45. The Balaban J connectivity index is 3.31. The Morgan fingerprint density at radius 1 is 1.17 bits per heavy atom. The van der Waals surface area contributed by atoms with Crippen LogP contribution < -0.4 is 0 Å². The Bertz CT molecular complexity index is 273. The summed E-state index contributed by atoms with van der Waals surface area (Å²) < 4.78 is 26.2. The van der Waals surface area contributed by atoms with Crippen LogP contribution in [-0.4, -0.2) is 12.5 Å². The molecule has 0 fully saturated rings. The zero-order chi connectivity index (χ0) is 9.35. The van der Waals surface area contributed by atoms with Crippen molar-refractivity contribution in [1.82, 2.24) is 0 Å². The molecular formula is C8H11F2PS. The van der Waals surface area contributed by atoms with E-state index in [0.29, 0.717) is 0 Å². The van der Waals surface area contributed by atoms with E-state index < -0.39 is 21.3 Å². The molecule has 1 unspecified atom stereocenters. The minimum absolute atomic E-state index is 0.204. The van der Waals surface area contributed by atoms with E-state index in [2.05, 4.69) is 8.44 Å². The van der Waals surface area contributed by atoms with Gasteiger partial charge in [0.25, 0.3) is 0 Å². The van der Waals surface area contributed by atoms with Crippen LogP contribution in [0.5, 0.6) is 0 Å². The fourth-order valence-electron chi connectivity index (χ4n) is 0.985. The van der Waals surface area contributed by atoms with Gasteiger partial charge in [-0.25, -0.2) is 8.78 Å². The van der Waals surface area contributed by atoms with Gasteiger partial charge in [0.15, 0.2) is 0 Å². The average Bonchev–Trinajstić information content (AvgIpc) is 1.82. The van der Waals surface area contributed by atoms with E-state index in [1.807, 2.05) is 12.5 Å². The molecule has 1 atom stereocenters. The summed E-state index contributed by atoms with van der Waals surface area (Å²) in [5.41, 5.74) is 0. The van der Waals surface area contributed by atoms with E-state index in [0.717, 1.165) is 0 Å². The van der Waals surface area contributed by atoms with E-state index in [-0.39, 0.29) is 4.90 Å². The van der Waals surface area contributed by atoms with Crippen molar-refractivity contribution in [3.63, 3.8) is 0 Å². The van der Waals surface area contributed by atoms with Crippen molar-refractivity contribution in [3.05, 3.63) is 29.8 Å². The fourth-order valence-corrected chi connectivity index (χ4v) is 2.80. The topological polar surface area (TPSA) is 0 Å². The zero-order valence-electron chi connectivity index (χ0n) is 6.97. The predicted octanol–water partition coefficient (Wildman–Crippen LogP) is 3.18. The minimum atomic E-state index is -1.40. The molecule has 0 bridgehead atoms. The summed E-state index contributed by atoms with van der Waals surface area (Å²) in [6.07, 6.45) is 3.66. The van der Waals surface area contributed by atoms with Crippen LogP contribution in [0.1, 0.15) is 0 Å². The monoisotopic (exact) mass is 208 g/mol. The van der Waals surface area contributed by atoms with Crippen molar-refractivity contribution < 1.29 is 8.78 Å². The molecule has 0 aliphatic heterocycles. The van der Waals surface area contributed by atoms with Gasteiger partial charge < -0.3 is 0 Å². The molecule has 0 saturated heterocycles. The molecule has 68 valence electrons. The molecule has 1 aromatic carbocycles. The Hall–Kier alpha value is -0.140. The number of hydrogen-bond donors (Lipinski definition) is 0. The maximum absolute atomic E-state index is 13.1. The van der Waals surface area contributed by atoms with Gasteiger partial charge in [-0.3, -0.25) is 0 Å². The average molecular weight is 208 g/mol. The SMILES string of the molecule is CS(C)(P)c1c(F)cccc1F. The van der Waals surface area contributed by atoms with Gasteiger partial charge in [-0.1, -0.05) is 14.5 Å². The van der Waals surface area contributed by atoms with Crippen LogP contribution in [0.15, 0.2) is 23.1 Å². The van der Waals surface area contributed by atoms with Crippen LogP contribution >= 0.6 is 18.1 Å². The number of halogens is 2. The van der Waals surface area contributed by atoms with Gasteiger partial charge in [0.1, 0.15) is 11.6 Å². The van der Waals surface area contributed by atoms with Crippen LogP contribution in [0.2, 0.25) is 0 Å². The Morgan fingerprint density at radius 3 is 1.83 bits per heavy atom. The minimum Gasteiger partial charge on any atom is -0.206 e. The lowest BCUT2D eigenvalue weighted by molar-refractivity contribution is 0.540. The Morgan fingerprint density at radius 2 is 1.58 bits per heavy atom. The van der Waals surface area contributed by atoms with Gasteiger partial charge >= 0.3 is 0 Å². The quantitative estimate of drug-likeness (QED) is 0.622. The highest BCUT2D eigenvalue weighted by Crippen LogP contribution is 2.58. The molecule has 1 aromatic rings. The summed E-state index contributed by atoms with van der Waals surface area (Å²) >= 11 is 0. The largest absolute Gasteiger partial charge is 0.206 e. The summed E-state index contributed by atoms with van der Waals surface area (Å²) in [5.74, 6) is -0.907. The third-order valence-corrected chi connectivity index (χ3v) is 3.59. The second-order valence-corrected chi connectivity index (χ2v) is 9.71. The van der Waals surface area contributed by atoms with Crippen LogP contribution in [0.25, 0.3) is 0 Å². The van der Waals surface area contributed by atoms with Gasteiger partial charge in [-0.05, 0) is 24.6 Å². The van der Waals surface area contributed by atoms with Gasteiger partial charge in [-0.15, -0.1) is 0 Å². The lowest BCUT2D eigenvalue weighted by atomic mass is 10.3. The van der Waals surface area contributed by atoms with E-state index in [4.69, 9.17) is 0 Å². The van der Waals surface area contributed by atoms with Gasteiger partial charge in [0.05, 0.1) is 4.90 Å². The standard InChI is InChI=1S/C8H11F2PS/c1-12(2,11)8-6(9)4-3-5-7(8)10/h3-5H,11H2,1-2H3. The first-order valence-corrected chi connectivity index (χ1v) is 7.31. The molecule has 0 heterocycles. The van der Waals surface area contributed by atoms with Crippen molar-refractivity contribution in [2.75, 3.05) is 12.5 Å². The zero-order valence-corrected chi connectivity index (χ0v) is 8.94. The summed E-state index contributed by atoms with van der Waals surface area (Å²) in [7, 11) is 1.10. The number of benzene rings is 1. The molecule has 0 radical (unpaired) electrons. The second-order valence-electron chi connectivity index (χ2n) is 2.96. The highest BCUT2D eigenvalue weighted by atomic mass is 32.8. The molecule has 0 saturated carbocycles. The maximum atomic E-state index is 13.1. The molecule has 0 nitrogen and oxygen atoms in total. The van der Waals surface area contributed by atoms with Crippen LogP contribution in [0.3, 0.4) is 0 Å². The van der Waals surface area contributed by atoms with Gasteiger partial charge in [-0.2, -0.15) is 9.65 Å². The smallest absolute Gasteiger partial charge is 0.138 e. The fraction of sp³-hybridized carbons (Fsp3) is 0.250.